The molecule has 0 saturated heterocycles. The van der Waals surface area contributed by atoms with Gasteiger partial charge in [-0.25, -0.2) is 9.02 Å². The number of hydrogen-bond donors (Lipinski definition) is 1. The Hall–Kier alpha value is -2.77. The van der Waals surface area contributed by atoms with E-state index in [-0.39, 0.29) is 12.3 Å². The van der Waals surface area contributed by atoms with E-state index in [0.29, 0.717) is 17.8 Å². The molecule has 1 amide bonds. The largest absolute Gasteiger partial charge is 0.385 e. The van der Waals surface area contributed by atoms with Crippen LogP contribution in [0.3, 0.4) is 0 Å². The highest BCUT2D eigenvalue weighted by Gasteiger charge is 2.21. The van der Waals surface area contributed by atoms with Crippen LogP contribution in [0.2, 0.25) is 0 Å². The molecule has 3 rings (SSSR count). The Balaban J connectivity index is 1.57. The molecule has 0 saturated carbocycles. The number of hydrogen-bond acceptors (Lipinski definition) is 6. The first-order chi connectivity index (χ1) is 10.7. The van der Waals surface area contributed by atoms with Crippen LogP contribution in [0.4, 0.5) is 10.1 Å². The molecule has 1 N–H and O–H groups in total. The Bertz CT molecular complexity index is 714. The van der Waals surface area contributed by atoms with Crippen LogP contribution in [0, 0.1) is 5.82 Å². The lowest BCUT2D eigenvalue weighted by Gasteiger charge is -2.09. The van der Waals surface area contributed by atoms with Crippen molar-refractivity contribution in [3.8, 4) is 0 Å². The summed E-state index contributed by atoms with van der Waals surface area (Å²) in [6, 6.07) is 5.90. The highest BCUT2D eigenvalue weighted by molar-refractivity contribution is 6.00. The van der Waals surface area contributed by atoms with E-state index < -0.39 is 11.7 Å². The molecule has 0 fully saturated rings. The Morgan fingerprint density at radius 1 is 1.36 bits per heavy atom. The van der Waals surface area contributed by atoms with Gasteiger partial charge in [-0.3, -0.25) is 4.79 Å². The molecule has 0 atom stereocenters. The molecule has 1 aromatic carbocycles. The van der Waals surface area contributed by atoms with Crippen LogP contribution in [-0.4, -0.2) is 28.5 Å². The zero-order valence-electron chi connectivity index (χ0n) is 11.6. The molecular formula is C14H13FN4O3. The van der Waals surface area contributed by atoms with E-state index in [2.05, 4.69) is 25.4 Å². The molecule has 0 radical (unpaired) electrons. The molecule has 0 spiro atoms. The van der Waals surface area contributed by atoms with Crippen LogP contribution in [0.5, 0.6) is 0 Å². The van der Waals surface area contributed by atoms with Crippen LogP contribution in [0.15, 0.2) is 34.1 Å². The third-order valence-electron chi connectivity index (χ3n) is 3.18. The molecule has 8 heteroatoms. The second-order valence-electron chi connectivity index (χ2n) is 4.75. The van der Waals surface area contributed by atoms with E-state index >= 15 is 0 Å². The number of benzene rings is 1. The maximum absolute atomic E-state index is 13.4. The molecule has 1 aromatic heterocycles. The van der Waals surface area contributed by atoms with Crippen LogP contribution in [0.1, 0.15) is 24.2 Å². The van der Waals surface area contributed by atoms with Crippen molar-refractivity contribution in [2.75, 3.05) is 11.9 Å². The Labute approximate surface area is 125 Å². The first kappa shape index (κ1) is 14.2. The van der Waals surface area contributed by atoms with Crippen molar-refractivity contribution in [2.45, 2.75) is 19.3 Å². The molecule has 1 aliphatic rings. The average Bonchev–Trinajstić information content (AvgIpc) is 2.99. The first-order valence-electron chi connectivity index (χ1n) is 6.79. The number of anilines is 1. The molecule has 0 aliphatic heterocycles. The standard InChI is InChI=1S/C14H13FN4O3/c15-9-4-1-2-5-10(9)16-13(20)8-21-17-11-6-3-7-12-14(11)19-22-18-12/h1-2,4-5H,3,6-8H2,(H,16,20)/b17-11+. The van der Waals surface area contributed by atoms with Crippen LogP contribution in [0.25, 0.3) is 0 Å². The summed E-state index contributed by atoms with van der Waals surface area (Å²) < 4.78 is 18.0. The van der Waals surface area contributed by atoms with Crippen molar-refractivity contribution in [3.63, 3.8) is 0 Å². The number of amides is 1. The van der Waals surface area contributed by atoms with Gasteiger partial charge in [0.05, 0.1) is 5.69 Å². The molecule has 0 bridgehead atoms. The number of nitrogens with one attached hydrogen (secondary N) is 1. The van der Waals surface area contributed by atoms with Crippen LogP contribution >= 0.6 is 0 Å². The molecule has 7 nitrogen and oxygen atoms in total. The van der Waals surface area contributed by atoms with Crippen molar-refractivity contribution in [1.82, 2.24) is 10.3 Å². The third-order valence-corrected chi connectivity index (χ3v) is 3.18. The summed E-state index contributed by atoms with van der Waals surface area (Å²) in [7, 11) is 0. The summed E-state index contributed by atoms with van der Waals surface area (Å²) in [5.41, 5.74) is 2.01. The van der Waals surface area contributed by atoms with Gasteiger partial charge in [-0.1, -0.05) is 22.4 Å². The van der Waals surface area contributed by atoms with Gasteiger partial charge in [0.25, 0.3) is 5.91 Å². The number of fused-ring (bicyclic) bond motifs is 1. The number of halogens is 1. The lowest BCUT2D eigenvalue weighted by molar-refractivity contribution is -0.120. The minimum Gasteiger partial charge on any atom is -0.385 e. The molecule has 1 aliphatic carbocycles. The van der Waals surface area contributed by atoms with Gasteiger partial charge in [0.15, 0.2) is 12.3 Å². The number of nitrogens with zero attached hydrogens (tertiary/aromatic N) is 3. The van der Waals surface area contributed by atoms with Crippen molar-refractivity contribution in [1.29, 1.82) is 0 Å². The number of rotatable bonds is 4. The monoisotopic (exact) mass is 304 g/mol. The van der Waals surface area contributed by atoms with Gasteiger partial charge in [-0.15, -0.1) is 0 Å². The molecule has 2 aromatic rings. The van der Waals surface area contributed by atoms with Gasteiger partial charge >= 0.3 is 0 Å². The van der Waals surface area contributed by atoms with E-state index in [9.17, 15) is 9.18 Å². The second kappa shape index (κ2) is 6.33. The minimum absolute atomic E-state index is 0.101. The van der Waals surface area contributed by atoms with Crippen molar-refractivity contribution >= 4 is 17.3 Å². The summed E-state index contributed by atoms with van der Waals surface area (Å²) >= 11 is 0. The number of para-hydroxylation sites is 1. The van der Waals surface area contributed by atoms with E-state index in [0.717, 1.165) is 18.5 Å². The zero-order chi connectivity index (χ0) is 15.4. The van der Waals surface area contributed by atoms with Crippen molar-refractivity contribution in [2.24, 2.45) is 5.16 Å². The normalized spacial score (nSPS) is 15.4. The van der Waals surface area contributed by atoms with Gasteiger partial charge in [0.2, 0.25) is 0 Å². The van der Waals surface area contributed by atoms with Crippen molar-refractivity contribution in [3.05, 3.63) is 41.5 Å². The number of aromatic nitrogens is 2. The number of aryl methyl sites for hydroxylation is 1. The molecule has 114 valence electrons. The first-order valence-corrected chi connectivity index (χ1v) is 6.79. The summed E-state index contributed by atoms with van der Waals surface area (Å²) in [6.45, 7) is -0.321. The molecular weight excluding hydrogens is 291 g/mol. The summed E-state index contributed by atoms with van der Waals surface area (Å²) in [5.74, 6) is -1.00. The number of oxime groups is 1. The highest BCUT2D eigenvalue weighted by Crippen LogP contribution is 2.18. The SMILES string of the molecule is O=C(CO/N=C1\CCCc2nonc21)Nc1ccccc1F. The van der Waals surface area contributed by atoms with E-state index in [4.69, 9.17) is 4.84 Å². The maximum atomic E-state index is 13.4. The second-order valence-corrected chi connectivity index (χ2v) is 4.75. The molecule has 0 unspecified atom stereocenters. The minimum atomic E-state index is -0.507. The predicted octanol–water partition coefficient (Wildman–Crippen LogP) is 1.90. The summed E-state index contributed by atoms with van der Waals surface area (Å²) in [6.07, 6.45) is 2.33. The summed E-state index contributed by atoms with van der Waals surface area (Å²) in [4.78, 5) is 16.7. The van der Waals surface area contributed by atoms with Gasteiger partial charge in [-0.05, 0) is 36.6 Å². The topological polar surface area (TPSA) is 89.6 Å². The van der Waals surface area contributed by atoms with E-state index in [1.165, 1.54) is 12.1 Å². The van der Waals surface area contributed by atoms with Gasteiger partial charge in [-0.2, -0.15) is 0 Å². The fraction of sp³-hybridized carbons (Fsp3) is 0.286. The molecule has 22 heavy (non-hydrogen) atoms. The Kier molecular flexibility index (Phi) is 4.08. The fourth-order valence-electron chi connectivity index (χ4n) is 2.14. The maximum Gasteiger partial charge on any atom is 0.265 e. The Morgan fingerprint density at radius 3 is 3.09 bits per heavy atom. The lowest BCUT2D eigenvalue weighted by atomic mass is 9.99. The van der Waals surface area contributed by atoms with Crippen LogP contribution in [-0.2, 0) is 16.1 Å². The smallest absolute Gasteiger partial charge is 0.265 e. The molecule has 1 heterocycles. The number of carbonyl (C=O) groups excluding carboxylic acids is 1. The van der Waals surface area contributed by atoms with Gasteiger partial charge in [0.1, 0.15) is 17.2 Å². The average molecular weight is 304 g/mol. The van der Waals surface area contributed by atoms with Gasteiger partial charge in [0, 0.05) is 0 Å². The van der Waals surface area contributed by atoms with Crippen molar-refractivity contribution < 1.29 is 18.7 Å². The lowest BCUT2D eigenvalue weighted by Crippen LogP contribution is -2.19. The predicted molar refractivity (Wildman–Crippen MR) is 74.8 cm³/mol. The quantitative estimate of drug-likeness (QED) is 0.871. The van der Waals surface area contributed by atoms with E-state index in [1.54, 1.807) is 12.1 Å². The van der Waals surface area contributed by atoms with Gasteiger partial charge < -0.3 is 10.2 Å². The van der Waals surface area contributed by atoms with E-state index in [1.807, 2.05) is 0 Å². The highest BCUT2D eigenvalue weighted by atomic mass is 19.1. The third kappa shape index (κ3) is 3.11. The number of carbonyl (C=O) groups is 1. The zero-order valence-corrected chi connectivity index (χ0v) is 11.6. The van der Waals surface area contributed by atoms with Crippen LogP contribution < -0.4 is 5.32 Å². The Morgan fingerprint density at radius 2 is 2.23 bits per heavy atom. The summed E-state index contributed by atoms with van der Waals surface area (Å²) in [5, 5.41) is 13.8. The fourth-order valence-corrected chi connectivity index (χ4v) is 2.14.